The number of nitriles is 1. The van der Waals surface area contributed by atoms with Gasteiger partial charge in [0.25, 0.3) is 5.91 Å². The molecule has 0 radical (unpaired) electrons. The van der Waals surface area contributed by atoms with Crippen molar-refractivity contribution < 1.29 is 22.7 Å². The summed E-state index contributed by atoms with van der Waals surface area (Å²) in [5.41, 5.74) is 0.880. The molecule has 4 rings (SSSR count). The third-order valence-corrected chi connectivity index (χ3v) is 6.68. The number of hydrogen-bond donors (Lipinski definition) is 0. The molecule has 9 heteroatoms. The van der Waals surface area contributed by atoms with Gasteiger partial charge in [0.2, 0.25) is 16.8 Å². The summed E-state index contributed by atoms with van der Waals surface area (Å²) in [6, 6.07) is 12.8. The van der Waals surface area contributed by atoms with Crippen molar-refractivity contribution in [3.8, 4) is 17.6 Å². The first-order chi connectivity index (χ1) is 13.5. The number of carbonyl (C=O) groups is 1. The van der Waals surface area contributed by atoms with Crippen LogP contribution in [0.15, 0.2) is 47.4 Å². The Hall–Kier alpha value is -3.09. The molecule has 144 valence electrons. The van der Waals surface area contributed by atoms with E-state index in [1.807, 2.05) is 6.07 Å². The largest absolute Gasteiger partial charge is 0.454 e. The Bertz CT molecular complexity index is 1050. The van der Waals surface area contributed by atoms with Crippen LogP contribution in [0.2, 0.25) is 0 Å². The SMILES string of the molecule is N#Cc1ccc(S(=O)(=O)N2CCN(C(=O)c3ccc4c(c3)OCO4)CC2)cc1. The first-order valence-corrected chi connectivity index (χ1v) is 10.1. The van der Waals surface area contributed by atoms with Crippen molar-refractivity contribution in [2.75, 3.05) is 33.0 Å². The minimum Gasteiger partial charge on any atom is -0.454 e. The van der Waals surface area contributed by atoms with Gasteiger partial charge in [-0.3, -0.25) is 4.79 Å². The molecular weight excluding hydrogens is 382 g/mol. The first kappa shape index (κ1) is 18.3. The maximum absolute atomic E-state index is 12.8. The molecule has 0 unspecified atom stereocenters. The van der Waals surface area contributed by atoms with Crippen LogP contribution in [-0.2, 0) is 10.0 Å². The van der Waals surface area contributed by atoms with Crippen LogP contribution in [0, 0.1) is 11.3 Å². The molecule has 2 aromatic rings. The van der Waals surface area contributed by atoms with E-state index in [4.69, 9.17) is 14.7 Å². The van der Waals surface area contributed by atoms with Crippen molar-refractivity contribution in [3.63, 3.8) is 0 Å². The molecule has 2 aliphatic heterocycles. The predicted molar refractivity (Wildman–Crippen MR) is 98.4 cm³/mol. The van der Waals surface area contributed by atoms with E-state index < -0.39 is 10.0 Å². The number of rotatable bonds is 3. The van der Waals surface area contributed by atoms with E-state index in [-0.39, 0.29) is 30.7 Å². The minimum absolute atomic E-state index is 0.138. The lowest BCUT2D eigenvalue weighted by Gasteiger charge is -2.34. The van der Waals surface area contributed by atoms with Gasteiger partial charge in [-0.25, -0.2) is 8.42 Å². The number of ether oxygens (including phenoxy) is 2. The van der Waals surface area contributed by atoms with Gasteiger partial charge >= 0.3 is 0 Å². The molecule has 1 saturated heterocycles. The van der Waals surface area contributed by atoms with Crippen LogP contribution in [-0.4, -0.2) is 56.5 Å². The van der Waals surface area contributed by atoms with E-state index in [9.17, 15) is 13.2 Å². The Morgan fingerprint density at radius 3 is 2.32 bits per heavy atom. The maximum atomic E-state index is 12.8. The highest BCUT2D eigenvalue weighted by Crippen LogP contribution is 2.33. The summed E-state index contributed by atoms with van der Waals surface area (Å²) < 4.78 is 37.5. The lowest BCUT2D eigenvalue weighted by Crippen LogP contribution is -2.50. The predicted octanol–water partition coefficient (Wildman–Crippen LogP) is 1.43. The van der Waals surface area contributed by atoms with Crippen LogP contribution < -0.4 is 9.47 Å². The third-order valence-electron chi connectivity index (χ3n) is 4.77. The highest BCUT2D eigenvalue weighted by Gasteiger charge is 2.31. The normalized spacial score (nSPS) is 16.6. The van der Waals surface area contributed by atoms with Crippen molar-refractivity contribution >= 4 is 15.9 Å². The van der Waals surface area contributed by atoms with E-state index in [2.05, 4.69) is 0 Å². The van der Waals surface area contributed by atoms with Crippen molar-refractivity contribution in [2.45, 2.75) is 4.90 Å². The number of amides is 1. The van der Waals surface area contributed by atoms with Crippen molar-refractivity contribution in [2.24, 2.45) is 0 Å². The molecule has 0 N–H and O–H groups in total. The monoisotopic (exact) mass is 399 g/mol. The number of hydrogen-bond acceptors (Lipinski definition) is 6. The molecule has 0 aliphatic carbocycles. The Kier molecular flexibility index (Phi) is 4.66. The Balaban J connectivity index is 1.44. The maximum Gasteiger partial charge on any atom is 0.254 e. The molecule has 2 aliphatic rings. The highest BCUT2D eigenvalue weighted by atomic mass is 32.2. The van der Waals surface area contributed by atoms with Gasteiger partial charge in [-0.1, -0.05) is 0 Å². The highest BCUT2D eigenvalue weighted by molar-refractivity contribution is 7.89. The summed E-state index contributed by atoms with van der Waals surface area (Å²) in [6.07, 6.45) is 0. The average molecular weight is 399 g/mol. The molecule has 28 heavy (non-hydrogen) atoms. The summed E-state index contributed by atoms with van der Waals surface area (Å²) in [4.78, 5) is 14.5. The van der Waals surface area contributed by atoms with E-state index in [0.717, 1.165) is 0 Å². The number of carbonyl (C=O) groups excluding carboxylic acids is 1. The summed E-state index contributed by atoms with van der Waals surface area (Å²) in [5.74, 6) is 0.969. The standard InChI is InChI=1S/C19H17N3O5S/c20-12-14-1-4-16(5-2-14)28(24,25)22-9-7-21(8-10-22)19(23)15-3-6-17-18(11-15)27-13-26-17/h1-6,11H,7-10,13H2. The second-order valence-electron chi connectivity index (χ2n) is 6.40. The van der Waals surface area contributed by atoms with Crippen molar-refractivity contribution in [1.82, 2.24) is 9.21 Å². The molecule has 2 heterocycles. The molecule has 0 bridgehead atoms. The number of nitrogens with zero attached hydrogens (tertiary/aromatic N) is 3. The van der Waals surface area contributed by atoms with Gasteiger partial charge < -0.3 is 14.4 Å². The Morgan fingerprint density at radius 1 is 0.964 bits per heavy atom. The second kappa shape index (κ2) is 7.14. The van der Waals surface area contributed by atoms with Gasteiger partial charge in [0, 0.05) is 31.7 Å². The fourth-order valence-corrected chi connectivity index (χ4v) is 4.62. The second-order valence-corrected chi connectivity index (χ2v) is 8.34. The molecule has 0 atom stereocenters. The zero-order valence-corrected chi connectivity index (χ0v) is 15.7. The molecule has 0 saturated carbocycles. The van der Waals surface area contributed by atoms with Gasteiger partial charge in [0.05, 0.1) is 16.5 Å². The zero-order valence-electron chi connectivity index (χ0n) is 14.9. The Morgan fingerprint density at radius 2 is 1.64 bits per heavy atom. The van der Waals surface area contributed by atoms with E-state index in [1.165, 1.54) is 28.6 Å². The van der Waals surface area contributed by atoms with Crippen LogP contribution >= 0.6 is 0 Å². The van der Waals surface area contributed by atoms with Crippen LogP contribution in [0.25, 0.3) is 0 Å². The van der Waals surface area contributed by atoms with E-state index in [0.29, 0.717) is 35.7 Å². The quantitative estimate of drug-likeness (QED) is 0.774. The summed E-state index contributed by atoms with van der Waals surface area (Å²) >= 11 is 0. The molecular formula is C19H17N3O5S. The Labute approximate surface area is 162 Å². The van der Waals surface area contributed by atoms with Crippen LogP contribution in [0.3, 0.4) is 0 Å². The van der Waals surface area contributed by atoms with Gasteiger partial charge in [-0.15, -0.1) is 0 Å². The number of fused-ring (bicyclic) bond motifs is 1. The topological polar surface area (TPSA) is 99.9 Å². The molecule has 0 aromatic heterocycles. The van der Waals surface area contributed by atoms with Gasteiger partial charge in [-0.05, 0) is 42.5 Å². The molecule has 8 nitrogen and oxygen atoms in total. The lowest BCUT2D eigenvalue weighted by atomic mass is 10.1. The van der Waals surface area contributed by atoms with E-state index in [1.54, 1.807) is 23.1 Å². The minimum atomic E-state index is -3.66. The summed E-state index contributed by atoms with van der Waals surface area (Å²) in [5, 5.41) is 8.84. The fourth-order valence-electron chi connectivity index (χ4n) is 3.19. The van der Waals surface area contributed by atoms with Gasteiger partial charge in [0.1, 0.15) is 0 Å². The third kappa shape index (κ3) is 3.28. The lowest BCUT2D eigenvalue weighted by molar-refractivity contribution is 0.0697. The molecule has 2 aromatic carbocycles. The average Bonchev–Trinajstić information content (AvgIpc) is 3.21. The zero-order chi connectivity index (χ0) is 19.7. The fraction of sp³-hybridized carbons (Fsp3) is 0.263. The summed E-state index contributed by atoms with van der Waals surface area (Å²) in [6.45, 7) is 1.14. The van der Waals surface area contributed by atoms with Crippen molar-refractivity contribution in [3.05, 3.63) is 53.6 Å². The smallest absolute Gasteiger partial charge is 0.254 e. The molecule has 1 fully saturated rings. The van der Waals surface area contributed by atoms with Crippen LogP contribution in [0.5, 0.6) is 11.5 Å². The number of piperazine rings is 1. The number of sulfonamides is 1. The van der Waals surface area contributed by atoms with Gasteiger partial charge in [-0.2, -0.15) is 9.57 Å². The van der Waals surface area contributed by atoms with E-state index >= 15 is 0 Å². The molecule has 1 amide bonds. The number of benzene rings is 2. The van der Waals surface area contributed by atoms with Crippen molar-refractivity contribution in [1.29, 1.82) is 5.26 Å². The van der Waals surface area contributed by atoms with Gasteiger partial charge in [0.15, 0.2) is 11.5 Å². The first-order valence-electron chi connectivity index (χ1n) is 8.68. The molecule has 0 spiro atoms. The van der Waals surface area contributed by atoms with Crippen LogP contribution in [0.4, 0.5) is 0 Å². The summed E-state index contributed by atoms with van der Waals surface area (Å²) in [7, 11) is -3.66. The van der Waals surface area contributed by atoms with Crippen LogP contribution in [0.1, 0.15) is 15.9 Å².